The molecule has 2 rings (SSSR count). The molecule has 0 aliphatic carbocycles. The lowest BCUT2D eigenvalue weighted by Crippen LogP contribution is -2.24. The van der Waals surface area contributed by atoms with Crippen molar-refractivity contribution in [2.75, 3.05) is 13.1 Å². The Kier molecular flexibility index (Phi) is 3.04. The molecule has 2 heterocycles. The Hall–Kier alpha value is -1.24. The molecule has 0 aromatic carbocycles. The summed E-state index contributed by atoms with van der Waals surface area (Å²) in [6.07, 6.45) is 6.94. The van der Waals surface area contributed by atoms with E-state index in [-0.39, 0.29) is 0 Å². The summed E-state index contributed by atoms with van der Waals surface area (Å²) >= 11 is 0. The maximum atomic E-state index is 4.00. The zero-order valence-corrected chi connectivity index (χ0v) is 10.4. The van der Waals surface area contributed by atoms with Gasteiger partial charge in [-0.25, -0.2) is 0 Å². The number of allylic oxidation sites excluding steroid dienone is 5. The highest BCUT2D eigenvalue weighted by atomic mass is 15.2. The standard InChI is InChI=1S/C15H21N/c1-11(2)12(3)5-6-15-13(4)9-14-7-8-16(15)10-14/h5-6,14H,1,3,7-10H2,2,4H3/b6-5-. The lowest BCUT2D eigenvalue weighted by molar-refractivity contribution is 0.383. The molecule has 16 heavy (non-hydrogen) atoms. The van der Waals surface area contributed by atoms with Crippen molar-refractivity contribution in [2.24, 2.45) is 5.92 Å². The predicted molar refractivity (Wildman–Crippen MR) is 70.1 cm³/mol. The molecular formula is C15H21N. The van der Waals surface area contributed by atoms with Crippen LogP contribution in [0.5, 0.6) is 0 Å². The van der Waals surface area contributed by atoms with Gasteiger partial charge >= 0.3 is 0 Å². The Morgan fingerprint density at radius 3 is 2.88 bits per heavy atom. The third kappa shape index (κ3) is 2.13. The van der Waals surface area contributed by atoms with Crippen molar-refractivity contribution in [2.45, 2.75) is 26.7 Å². The number of hydrogen-bond donors (Lipinski definition) is 0. The van der Waals surface area contributed by atoms with Gasteiger partial charge in [0.15, 0.2) is 0 Å². The number of nitrogens with zero attached hydrogens (tertiary/aromatic N) is 1. The van der Waals surface area contributed by atoms with Crippen molar-refractivity contribution in [1.29, 1.82) is 0 Å². The molecule has 2 aliphatic rings. The average Bonchev–Trinajstić information content (AvgIpc) is 2.60. The highest BCUT2D eigenvalue weighted by Crippen LogP contribution is 2.34. The molecule has 1 nitrogen and oxygen atoms in total. The second-order valence-corrected chi connectivity index (χ2v) is 5.11. The van der Waals surface area contributed by atoms with Crippen LogP contribution in [0.15, 0.2) is 47.7 Å². The molecule has 0 saturated carbocycles. The first-order valence-corrected chi connectivity index (χ1v) is 6.05. The van der Waals surface area contributed by atoms with E-state index in [1.165, 1.54) is 37.2 Å². The zero-order chi connectivity index (χ0) is 11.7. The van der Waals surface area contributed by atoms with E-state index in [2.05, 4.69) is 37.1 Å². The Morgan fingerprint density at radius 1 is 1.44 bits per heavy atom. The molecule has 0 spiro atoms. The van der Waals surface area contributed by atoms with Crippen molar-refractivity contribution in [3.05, 3.63) is 47.7 Å². The van der Waals surface area contributed by atoms with Gasteiger partial charge in [0.2, 0.25) is 0 Å². The summed E-state index contributed by atoms with van der Waals surface area (Å²) in [5.41, 5.74) is 5.02. The minimum atomic E-state index is 0.904. The van der Waals surface area contributed by atoms with Crippen LogP contribution in [0, 0.1) is 5.92 Å². The number of fused-ring (bicyclic) bond motifs is 2. The second-order valence-electron chi connectivity index (χ2n) is 5.11. The van der Waals surface area contributed by atoms with Crippen LogP contribution >= 0.6 is 0 Å². The normalized spacial score (nSPS) is 24.4. The number of rotatable bonds is 3. The minimum Gasteiger partial charge on any atom is -0.371 e. The first-order chi connectivity index (χ1) is 7.58. The van der Waals surface area contributed by atoms with Crippen LogP contribution in [-0.2, 0) is 0 Å². The van der Waals surface area contributed by atoms with Crippen molar-refractivity contribution in [3.63, 3.8) is 0 Å². The molecule has 2 bridgehead atoms. The summed E-state index contributed by atoms with van der Waals surface area (Å²) in [7, 11) is 0. The van der Waals surface area contributed by atoms with E-state index >= 15 is 0 Å². The van der Waals surface area contributed by atoms with Gasteiger partial charge in [0, 0.05) is 18.8 Å². The van der Waals surface area contributed by atoms with E-state index in [1.54, 1.807) is 0 Å². The van der Waals surface area contributed by atoms with Crippen LogP contribution < -0.4 is 0 Å². The first kappa shape index (κ1) is 11.3. The molecule has 0 amide bonds. The Balaban J connectivity index is 2.14. The Bertz CT molecular complexity index is 384. The zero-order valence-electron chi connectivity index (χ0n) is 10.4. The SMILES string of the molecule is C=C(C)C(=C)/C=C\C1=C(C)CC2CCN1C2. The Labute approximate surface area is 98.8 Å². The summed E-state index contributed by atoms with van der Waals surface area (Å²) in [4.78, 5) is 2.51. The molecule has 0 N–H and O–H groups in total. The minimum absolute atomic E-state index is 0.904. The van der Waals surface area contributed by atoms with Crippen molar-refractivity contribution < 1.29 is 0 Å². The molecule has 0 radical (unpaired) electrons. The molecular weight excluding hydrogens is 194 g/mol. The van der Waals surface area contributed by atoms with E-state index in [4.69, 9.17) is 0 Å². The summed E-state index contributed by atoms with van der Waals surface area (Å²) in [5.74, 6) is 0.904. The number of hydrogen-bond acceptors (Lipinski definition) is 1. The van der Waals surface area contributed by atoms with Gasteiger partial charge in [-0.3, -0.25) is 0 Å². The summed E-state index contributed by atoms with van der Waals surface area (Å²) < 4.78 is 0. The fraction of sp³-hybridized carbons (Fsp3) is 0.467. The summed E-state index contributed by atoms with van der Waals surface area (Å²) in [5, 5.41) is 0. The lowest BCUT2D eigenvalue weighted by Gasteiger charge is -2.27. The largest absolute Gasteiger partial charge is 0.371 e. The van der Waals surface area contributed by atoms with Gasteiger partial charge in [-0.05, 0) is 49.8 Å². The maximum absolute atomic E-state index is 4.00. The Morgan fingerprint density at radius 2 is 2.19 bits per heavy atom. The van der Waals surface area contributed by atoms with Gasteiger partial charge in [0.05, 0.1) is 0 Å². The smallest absolute Gasteiger partial charge is 0.0355 e. The molecule has 86 valence electrons. The third-order valence-electron chi connectivity index (χ3n) is 3.65. The van der Waals surface area contributed by atoms with Crippen molar-refractivity contribution in [1.82, 2.24) is 4.90 Å². The molecule has 1 heteroatoms. The third-order valence-corrected chi connectivity index (χ3v) is 3.65. The maximum Gasteiger partial charge on any atom is 0.0355 e. The molecule has 1 atom stereocenters. The lowest BCUT2D eigenvalue weighted by atomic mass is 9.95. The monoisotopic (exact) mass is 215 g/mol. The molecule has 1 fully saturated rings. The fourth-order valence-corrected chi connectivity index (χ4v) is 2.60. The van der Waals surface area contributed by atoms with Crippen molar-refractivity contribution >= 4 is 0 Å². The molecule has 0 aromatic rings. The highest BCUT2D eigenvalue weighted by Gasteiger charge is 2.29. The van der Waals surface area contributed by atoms with E-state index in [0.29, 0.717) is 0 Å². The quantitative estimate of drug-likeness (QED) is 0.649. The van der Waals surface area contributed by atoms with Crippen LogP contribution in [-0.4, -0.2) is 18.0 Å². The highest BCUT2D eigenvalue weighted by molar-refractivity contribution is 5.39. The van der Waals surface area contributed by atoms with Crippen LogP contribution in [0.3, 0.4) is 0 Å². The van der Waals surface area contributed by atoms with Gasteiger partial charge in [-0.2, -0.15) is 0 Å². The van der Waals surface area contributed by atoms with Gasteiger partial charge in [-0.15, -0.1) is 0 Å². The molecule has 2 aliphatic heterocycles. The van der Waals surface area contributed by atoms with E-state index in [0.717, 1.165) is 17.1 Å². The molecule has 0 aromatic heterocycles. The van der Waals surface area contributed by atoms with E-state index < -0.39 is 0 Å². The summed E-state index contributed by atoms with van der Waals surface area (Å²) in [6.45, 7) is 14.6. The van der Waals surface area contributed by atoms with Crippen LogP contribution in [0.2, 0.25) is 0 Å². The van der Waals surface area contributed by atoms with E-state index in [9.17, 15) is 0 Å². The predicted octanol–water partition coefficient (Wildman–Crippen LogP) is 3.67. The van der Waals surface area contributed by atoms with Gasteiger partial charge in [-0.1, -0.05) is 24.8 Å². The van der Waals surface area contributed by atoms with Crippen molar-refractivity contribution in [3.8, 4) is 0 Å². The topological polar surface area (TPSA) is 3.24 Å². The molecule has 1 saturated heterocycles. The van der Waals surface area contributed by atoms with Gasteiger partial charge in [0.25, 0.3) is 0 Å². The van der Waals surface area contributed by atoms with Gasteiger partial charge in [0.1, 0.15) is 0 Å². The van der Waals surface area contributed by atoms with Gasteiger partial charge < -0.3 is 4.90 Å². The van der Waals surface area contributed by atoms with Crippen LogP contribution in [0.25, 0.3) is 0 Å². The van der Waals surface area contributed by atoms with E-state index in [1.807, 2.05) is 6.92 Å². The summed E-state index contributed by atoms with van der Waals surface area (Å²) in [6, 6.07) is 0. The first-order valence-electron chi connectivity index (χ1n) is 6.05. The van der Waals surface area contributed by atoms with Crippen LogP contribution in [0.4, 0.5) is 0 Å². The molecule has 1 unspecified atom stereocenters. The second kappa shape index (κ2) is 4.32. The average molecular weight is 215 g/mol. The van der Waals surface area contributed by atoms with Crippen LogP contribution in [0.1, 0.15) is 26.7 Å². The fourth-order valence-electron chi connectivity index (χ4n) is 2.60.